The van der Waals surface area contributed by atoms with Gasteiger partial charge in [-0.25, -0.2) is 4.39 Å². The molecule has 2 aromatic carbocycles. The summed E-state index contributed by atoms with van der Waals surface area (Å²) in [6, 6.07) is 13.7. The molecule has 0 saturated carbocycles. The van der Waals surface area contributed by atoms with E-state index in [1.165, 1.54) is 12.1 Å². The molecule has 0 bridgehead atoms. The lowest BCUT2D eigenvalue weighted by Gasteiger charge is -2.04. The average molecular weight is 350 g/mol. The number of hydrogen-bond donors (Lipinski definition) is 1. The number of halogens is 1. The Bertz CT molecular complexity index is 943. The van der Waals surface area contributed by atoms with E-state index in [0.29, 0.717) is 34.9 Å². The van der Waals surface area contributed by atoms with Gasteiger partial charge in [-0.3, -0.25) is 9.89 Å². The van der Waals surface area contributed by atoms with Crippen LogP contribution < -0.4 is 4.74 Å². The molecule has 0 atom stereocenters. The van der Waals surface area contributed by atoms with E-state index in [-0.39, 0.29) is 5.78 Å². The smallest absolute Gasteiger partial charge is 0.185 e. The van der Waals surface area contributed by atoms with Crippen LogP contribution in [-0.2, 0) is 0 Å². The van der Waals surface area contributed by atoms with Crippen molar-refractivity contribution >= 4 is 11.9 Å². The molecule has 3 rings (SSSR count). The van der Waals surface area contributed by atoms with E-state index in [1.54, 1.807) is 36.4 Å². The first-order valence-corrected chi connectivity index (χ1v) is 8.34. The van der Waals surface area contributed by atoms with E-state index in [4.69, 9.17) is 4.74 Å². The van der Waals surface area contributed by atoms with Crippen molar-refractivity contribution in [3.8, 4) is 17.0 Å². The maximum Gasteiger partial charge on any atom is 0.185 e. The number of aromatic amines is 1. The van der Waals surface area contributed by atoms with Gasteiger partial charge in [0, 0.05) is 17.2 Å². The third kappa shape index (κ3) is 4.06. The number of hydrogen-bond acceptors (Lipinski definition) is 3. The molecule has 1 aromatic heterocycles. The van der Waals surface area contributed by atoms with Crippen molar-refractivity contribution < 1.29 is 13.9 Å². The molecule has 5 heteroatoms. The van der Waals surface area contributed by atoms with Crippen LogP contribution in [0.4, 0.5) is 4.39 Å². The second kappa shape index (κ2) is 7.78. The number of rotatable bonds is 6. The van der Waals surface area contributed by atoms with Crippen molar-refractivity contribution in [2.75, 3.05) is 6.61 Å². The molecular weight excluding hydrogens is 331 g/mol. The van der Waals surface area contributed by atoms with Gasteiger partial charge in [0.1, 0.15) is 11.6 Å². The minimum absolute atomic E-state index is 0.103. The highest BCUT2D eigenvalue weighted by atomic mass is 19.1. The normalized spacial score (nSPS) is 11.0. The van der Waals surface area contributed by atoms with Crippen LogP contribution in [0.3, 0.4) is 0 Å². The summed E-state index contributed by atoms with van der Waals surface area (Å²) in [5.74, 6) is -0.0322. The molecule has 0 spiro atoms. The van der Waals surface area contributed by atoms with Gasteiger partial charge in [0.05, 0.1) is 18.0 Å². The van der Waals surface area contributed by atoms with Gasteiger partial charge in [0.2, 0.25) is 0 Å². The fraction of sp³-hybridized carbons (Fsp3) is 0.143. The Labute approximate surface area is 151 Å². The molecule has 0 aliphatic rings. The Morgan fingerprint density at radius 2 is 1.96 bits per heavy atom. The summed E-state index contributed by atoms with van der Waals surface area (Å²) in [5.41, 5.74) is 3.17. The van der Waals surface area contributed by atoms with Gasteiger partial charge in [0.15, 0.2) is 5.78 Å². The first kappa shape index (κ1) is 17.6. The van der Waals surface area contributed by atoms with E-state index in [1.807, 2.05) is 26.0 Å². The zero-order chi connectivity index (χ0) is 18.5. The monoisotopic (exact) mass is 350 g/mol. The van der Waals surface area contributed by atoms with Gasteiger partial charge in [-0.1, -0.05) is 29.8 Å². The molecule has 0 aliphatic carbocycles. The van der Waals surface area contributed by atoms with Gasteiger partial charge in [-0.05, 0) is 44.2 Å². The topological polar surface area (TPSA) is 55.0 Å². The Hall–Kier alpha value is -3.21. The van der Waals surface area contributed by atoms with Crippen LogP contribution in [0.1, 0.15) is 28.5 Å². The maximum absolute atomic E-state index is 14.2. The highest BCUT2D eigenvalue weighted by molar-refractivity contribution is 6.06. The second-order valence-corrected chi connectivity index (χ2v) is 5.85. The molecule has 0 radical (unpaired) electrons. The Morgan fingerprint density at radius 3 is 2.65 bits per heavy atom. The van der Waals surface area contributed by atoms with E-state index < -0.39 is 5.82 Å². The van der Waals surface area contributed by atoms with Crippen molar-refractivity contribution in [1.29, 1.82) is 0 Å². The molecule has 0 amide bonds. The molecule has 0 unspecified atom stereocenters. The molecule has 1 N–H and O–H groups in total. The van der Waals surface area contributed by atoms with Crippen LogP contribution in [0, 0.1) is 12.7 Å². The summed E-state index contributed by atoms with van der Waals surface area (Å²) in [5, 5.41) is 6.92. The number of aromatic nitrogens is 2. The van der Waals surface area contributed by atoms with Crippen molar-refractivity contribution in [2.45, 2.75) is 13.8 Å². The number of nitrogens with one attached hydrogen (secondary N) is 1. The van der Waals surface area contributed by atoms with Crippen LogP contribution >= 0.6 is 0 Å². The maximum atomic E-state index is 14.2. The Kier molecular flexibility index (Phi) is 5.27. The van der Waals surface area contributed by atoms with Crippen LogP contribution in [0.25, 0.3) is 17.3 Å². The average Bonchev–Trinajstić information content (AvgIpc) is 3.09. The highest BCUT2D eigenvalue weighted by Crippen LogP contribution is 2.25. The molecule has 4 nitrogen and oxygen atoms in total. The molecule has 1 heterocycles. The lowest BCUT2D eigenvalue weighted by atomic mass is 10.1. The molecule has 132 valence electrons. The number of aryl methyl sites for hydroxylation is 1. The van der Waals surface area contributed by atoms with Crippen molar-refractivity contribution in [3.05, 3.63) is 77.2 Å². The van der Waals surface area contributed by atoms with E-state index in [9.17, 15) is 9.18 Å². The van der Waals surface area contributed by atoms with Gasteiger partial charge in [0.25, 0.3) is 0 Å². The summed E-state index contributed by atoms with van der Waals surface area (Å²) < 4.78 is 19.5. The Morgan fingerprint density at radius 1 is 1.19 bits per heavy atom. The van der Waals surface area contributed by atoms with Gasteiger partial charge >= 0.3 is 0 Å². The number of nitrogens with zero attached hydrogens (tertiary/aromatic N) is 1. The highest BCUT2D eigenvalue weighted by Gasteiger charge is 2.10. The first-order valence-electron chi connectivity index (χ1n) is 8.34. The summed E-state index contributed by atoms with van der Waals surface area (Å²) >= 11 is 0. The van der Waals surface area contributed by atoms with Crippen LogP contribution in [0.15, 0.2) is 54.6 Å². The zero-order valence-corrected chi connectivity index (χ0v) is 14.6. The summed E-state index contributed by atoms with van der Waals surface area (Å²) in [4.78, 5) is 12.2. The van der Waals surface area contributed by atoms with Gasteiger partial charge in [-0.2, -0.15) is 5.10 Å². The van der Waals surface area contributed by atoms with Crippen molar-refractivity contribution in [2.24, 2.45) is 0 Å². The van der Waals surface area contributed by atoms with E-state index in [2.05, 4.69) is 10.2 Å². The molecule has 0 fully saturated rings. The predicted molar refractivity (Wildman–Crippen MR) is 99.7 cm³/mol. The summed E-state index contributed by atoms with van der Waals surface area (Å²) in [6.07, 6.45) is 3.10. The fourth-order valence-electron chi connectivity index (χ4n) is 2.50. The SMILES string of the molecule is CCOc1ccc(-c2cc(/C=C/C(=O)c3ccc(C)cc3)[nH]n2)c(F)c1. The summed E-state index contributed by atoms with van der Waals surface area (Å²) in [7, 11) is 0. The molecule has 26 heavy (non-hydrogen) atoms. The number of benzene rings is 2. The van der Waals surface area contributed by atoms with Crippen LogP contribution in [-0.4, -0.2) is 22.6 Å². The first-order chi connectivity index (χ1) is 12.6. The minimum atomic E-state index is -0.409. The molecule has 3 aromatic rings. The number of carbonyl (C=O) groups excluding carboxylic acids is 1. The minimum Gasteiger partial charge on any atom is -0.494 e. The zero-order valence-electron chi connectivity index (χ0n) is 14.6. The van der Waals surface area contributed by atoms with Crippen LogP contribution in [0.5, 0.6) is 5.75 Å². The number of ketones is 1. The second-order valence-electron chi connectivity index (χ2n) is 5.85. The number of carbonyl (C=O) groups is 1. The largest absolute Gasteiger partial charge is 0.494 e. The van der Waals surface area contributed by atoms with Gasteiger partial charge < -0.3 is 4.74 Å². The fourth-order valence-corrected chi connectivity index (χ4v) is 2.50. The third-order valence-electron chi connectivity index (χ3n) is 3.88. The van der Waals surface area contributed by atoms with Gasteiger partial charge in [-0.15, -0.1) is 0 Å². The van der Waals surface area contributed by atoms with Crippen LogP contribution in [0.2, 0.25) is 0 Å². The lowest BCUT2D eigenvalue weighted by molar-refractivity contribution is 0.104. The summed E-state index contributed by atoms with van der Waals surface area (Å²) in [6.45, 7) is 4.29. The van der Waals surface area contributed by atoms with E-state index in [0.717, 1.165) is 5.56 Å². The van der Waals surface area contributed by atoms with E-state index >= 15 is 0 Å². The quantitative estimate of drug-likeness (QED) is 0.512. The number of allylic oxidation sites excluding steroid dienone is 1. The molecule has 0 aliphatic heterocycles. The Balaban J connectivity index is 1.75. The third-order valence-corrected chi connectivity index (χ3v) is 3.88. The predicted octanol–water partition coefficient (Wildman–Crippen LogP) is 4.82. The molecule has 0 saturated heterocycles. The molecular formula is C21H19FN2O2. The number of H-pyrrole nitrogens is 1. The van der Waals surface area contributed by atoms with Crippen molar-refractivity contribution in [1.82, 2.24) is 10.2 Å². The number of ether oxygens (including phenoxy) is 1. The standard InChI is InChI=1S/C21H19FN2O2/c1-3-26-17-9-10-18(19(22)13-17)20-12-16(23-24-20)8-11-21(25)15-6-4-14(2)5-7-15/h4-13H,3H2,1-2H3,(H,23,24)/b11-8+. The van der Waals surface area contributed by atoms with Crippen molar-refractivity contribution in [3.63, 3.8) is 0 Å². The lowest BCUT2D eigenvalue weighted by Crippen LogP contribution is -1.93.